The van der Waals surface area contributed by atoms with E-state index in [1.807, 2.05) is 25.1 Å². The van der Waals surface area contributed by atoms with E-state index in [0.29, 0.717) is 17.7 Å². The van der Waals surface area contributed by atoms with Crippen LogP contribution in [0.25, 0.3) is 0 Å². The summed E-state index contributed by atoms with van der Waals surface area (Å²) < 4.78 is 0. The number of nitrogens with zero attached hydrogens (tertiary/aromatic N) is 4. The van der Waals surface area contributed by atoms with Gasteiger partial charge in [-0.15, -0.1) is 5.11 Å². The van der Waals surface area contributed by atoms with Crippen LogP contribution in [0.3, 0.4) is 0 Å². The molecular weight excluding hydrogens is 204 g/mol. The molecule has 5 nitrogen and oxygen atoms in total. The Morgan fingerprint density at radius 1 is 1.50 bits per heavy atom. The van der Waals surface area contributed by atoms with Crippen LogP contribution in [0, 0.1) is 11.3 Å². The molecule has 0 bridgehead atoms. The Labute approximate surface area is 93.6 Å². The smallest absolute Gasteiger partial charge is 0.184 e. The van der Waals surface area contributed by atoms with Crippen molar-refractivity contribution in [2.24, 2.45) is 10.3 Å². The molecule has 1 aromatic carbocycles. The zero-order valence-electron chi connectivity index (χ0n) is 8.96. The van der Waals surface area contributed by atoms with E-state index >= 15 is 0 Å². The van der Waals surface area contributed by atoms with Gasteiger partial charge in [-0.3, -0.25) is 0 Å². The second kappa shape index (κ2) is 3.91. The highest BCUT2D eigenvalue weighted by Gasteiger charge is 2.38. The Balaban J connectivity index is 2.51. The molecule has 2 rings (SSSR count). The van der Waals surface area contributed by atoms with E-state index in [2.05, 4.69) is 10.3 Å². The quantitative estimate of drug-likeness (QED) is 0.769. The first kappa shape index (κ1) is 10.6. The first-order valence-electron chi connectivity index (χ1n) is 5.10. The van der Waals surface area contributed by atoms with E-state index < -0.39 is 5.72 Å². The Hall–Kier alpha value is -1.93. The predicted molar refractivity (Wildman–Crippen MR) is 57.5 cm³/mol. The van der Waals surface area contributed by atoms with Crippen LogP contribution in [0.4, 0.5) is 5.69 Å². The first-order chi connectivity index (χ1) is 7.72. The fourth-order valence-corrected chi connectivity index (χ4v) is 1.82. The van der Waals surface area contributed by atoms with Crippen LogP contribution in [-0.2, 0) is 5.72 Å². The molecule has 0 saturated carbocycles. The van der Waals surface area contributed by atoms with Crippen molar-refractivity contribution in [1.29, 1.82) is 5.26 Å². The minimum Gasteiger partial charge on any atom is -0.365 e. The van der Waals surface area contributed by atoms with Gasteiger partial charge in [0.25, 0.3) is 0 Å². The molecule has 82 valence electrons. The zero-order valence-corrected chi connectivity index (χ0v) is 8.96. The molecular formula is C11H12N4O. The van der Waals surface area contributed by atoms with Crippen LogP contribution in [0.1, 0.15) is 18.9 Å². The number of fused-ring (bicyclic) bond motifs is 1. The Bertz CT molecular complexity index is 465. The summed E-state index contributed by atoms with van der Waals surface area (Å²) in [6.07, 6.45) is 0.449. The van der Waals surface area contributed by atoms with E-state index in [4.69, 9.17) is 5.26 Å². The number of aliphatic hydroxyl groups is 1. The molecule has 0 amide bonds. The molecule has 1 aromatic rings. The number of benzene rings is 1. The number of nitriles is 1. The Morgan fingerprint density at radius 3 is 2.94 bits per heavy atom. The lowest BCUT2D eigenvalue weighted by Gasteiger charge is -2.37. The molecule has 0 spiro atoms. The van der Waals surface area contributed by atoms with Gasteiger partial charge in [0, 0.05) is 5.56 Å². The number of hydrogen-bond donors (Lipinski definition) is 1. The minimum atomic E-state index is -1.23. The Kier molecular flexibility index (Phi) is 2.59. The third kappa shape index (κ3) is 1.44. The van der Waals surface area contributed by atoms with E-state index in [1.54, 1.807) is 12.1 Å². The second-order valence-electron chi connectivity index (χ2n) is 3.59. The molecule has 0 fully saturated rings. The van der Waals surface area contributed by atoms with Crippen molar-refractivity contribution in [3.05, 3.63) is 29.8 Å². The van der Waals surface area contributed by atoms with Gasteiger partial charge in [-0.1, -0.05) is 30.3 Å². The molecule has 1 N–H and O–H groups in total. The van der Waals surface area contributed by atoms with Gasteiger partial charge in [-0.05, 0) is 12.5 Å². The van der Waals surface area contributed by atoms with Crippen molar-refractivity contribution in [2.75, 3.05) is 6.54 Å². The fourth-order valence-electron chi connectivity index (χ4n) is 1.82. The average molecular weight is 216 g/mol. The normalized spacial score (nSPS) is 22.7. The van der Waals surface area contributed by atoms with Gasteiger partial charge in [0.05, 0.1) is 11.8 Å². The summed E-state index contributed by atoms with van der Waals surface area (Å²) in [6, 6.07) is 9.25. The zero-order chi connectivity index (χ0) is 11.6. The number of rotatable bonds is 2. The standard InChI is InChI=1S/C11H12N4O/c1-2-11(16)9-5-3-4-6-10(9)13-14-15(11)8-7-12/h3-6,16H,2,8H2,1H3. The van der Waals surface area contributed by atoms with Gasteiger partial charge in [0.2, 0.25) is 0 Å². The van der Waals surface area contributed by atoms with Gasteiger partial charge < -0.3 is 5.11 Å². The fraction of sp³-hybridized carbons (Fsp3) is 0.364. The molecule has 16 heavy (non-hydrogen) atoms. The predicted octanol–water partition coefficient (Wildman–Crippen LogP) is 2.08. The summed E-state index contributed by atoms with van der Waals surface area (Å²) in [6.45, 7) is 1.87. The second-order valence-corrected chi connectivity index (χ2v) is 3.59. The van der Waals surface area contributed by atoms with Crippen molar-refractivity contribution in [1.82, 2.24) is 5.01 Å². The van der Waals surface area contributed by atoms with Gasteiger partial charge >= 0.3 is 0 Å². The average Bonchev–Trinajstić information content (AvgIpc) is 2.33. The minimum absolute atomic E-state index is 0.0160. The molecule has 0 aliphatic carbocycles. The first-order valence-corrected chi connectivity index (χ1v) is 5.10. The molecule has 1 atom stereocenters. The van der Waals surface area contributed by atoms with E-state index in [0.717, 1.165) is 0 Å². The van der Waals surface area contributed by atoms with Crippen molar-refractivity contribution >= 4 is 5.69 Å². The van der Waals surface area contributed by atoms with Gasteiger partial charge in [0.1, 0.15) is 6.54 Å². The molecule has 1 aliphatic rings. The van der Waals surface area contributed by atoms with Crippen LogP contribution >= 0.6 is 0 Å². The van der Waals surface area contributed by atoms with Gasteiger partial charge in [0.15, 0.2) is 5.72 Å². The van der Waals surface area contributed by atoms with Crippen LogP contribution in [0.5, 0.6) is 0 Å². The molecule has 0 saturated heterocycles. The van der Waals surface area contributed by atoms with Crippen molar-refractivity contribution < 1.29 is 5.11 Å². The Morgan fingerprint density at radius 2 is 2.25 bits per heavy atom. The van der Waals surface area contributed by atoms with E-state index in [9.17, 15) is 5.11 Å². The molecule has 1 unspecified atom stereocenters. The molecule has 1 heterocycles. The summed E-state index contributed by atoms with van der Waals surface area (Å²) in [5.41, 5.74) is 0.123. The third-order valence-corrected chi connectivity index (χ3v) is 2.74. The lowest BCUT2D eigenvalue weighted by molar-refractivity contribution is -0.120. The SMILES string of the molecule is CCC1(O)c2ccccc2N=NN1CC#N. The van der Waals surface area contributed by atoms with Crippen molar-refractivity contribution in [3.63, 3.8) is 0 Å². The van der Waals surface area contributed by atoms with Crippen LogP contribution in [0.2, 0.25) is 0 Å². The van der Waals surface area contributed by atoms with Crippen LogP contribution in [-0.4, -0.2) is 16.7 Å². The largest absolute Gasteiger partial charge is 0.365 e. The van der Waals surface area contributed by atoms with Crippen LogP contribution in [0.15, 0.2) is 34.6 Å². The lowest BCUT2D eigenvalue weighted by Crippen LogP contribution is -2.44. The molecule has 1 aliphatic heterocycles. The maximum Gasteiger partial charge on any atom is 0.184 e. The lowest BCUT2D eigenvalue weighted by atomic mass is 9.97. The molecule has 0 aromatic heterocycles. The monoisotopic (exact) mass is 216 g/mol. The molecule has 5 heteroatoms. The van der Waals surface area contributed by atoms with E-state index in [1.165, 1.54) is 5.01 Å². The molecule has 0 radical (unpaired) electrons. The third-order valence-electron chi connectivity index (χ3n) is 2.74. The van der Waals surface area contributed by atoms with Crippen molar-refractivity contribution in [3.8, 4) is 6.07 Å². The maximum atomic E-state index is 10.5. The highest BCUT2D eigenvalue weighted by molar-refractivity contribution is 5.49. The maximum absolute atomic E-state index is 10.5. The van der Waals surface area contributed by atoms with Crippen molar-refractivity contribution in [2.45, 2.75) is 19.1 Å². The highest BCUT2D eigenvalue weighted by Crippen LogP contribution is 2.39. The van der Waals surface area contributed by atoms with E-state index in [-0.39, 0.29) is 6.54 Å². The summed E-state index contributed by atoms with van der Waals surface area (Å²) >= 11 is 0. The highest BCUT2D eigenvalue weighted by atomic mass is 16.3. The summed E-state index contributed by atoms with van der Waals surface area (Å²) in [7, 11) is 0. The number of hydrogen-bond acceptors (Lipinski definition) is 5. The van der Waals surface area contributed by atoms with Gasteiger partial charge in [-0.2, -0.15) is 5.26 Å². The van der Waals surface area contributed by atoms with Crippen LogP contribution < -0.4 is 0 Å². The summed E-state index contributed by atoms with van der Waals surface area (Å²) in [5, 5.41) is 28.4. The summed E-state index contributed by atoms with van der Waals surface area (Å²) in [4.78, 5) is 0. The van der Waals surface area contributed by atoms with Gasteiger partial charge in [-0.25, -0.2) is 5.01 Å². The topological polar surface area (TPSA) is 72.0 Å². The summed E-state index contributed by atoms with van der Waals surface area (Å²) in [5.74, 6) is 0.